The molecule has 0 spiro atoms. The maximum absolute atomic E-state index is 9.57. The Bertz CT molecular complexity index is 460. The Morgan fingerprint density at radius 1 is 1.37 bits per heavy atom. The fourth-order valence-corrected chi connectivity index (χ4v) is 3.71. The number of phenolic OH excluding ortho intramolecular Hbond substituents is 1. The zero-order chi connectivity index (χ0) is 13.4. The summed E-state index contributed by atoms with van der Waals surface area (Å²) in [6, 6.07) is 7.12. The van der Waals surface area contributed by atoms with Gasteiger partial charge in [-0.25, -0.2) is 0 Å². The van der Waals surface area contributed by atoms with E-state index in [2.05, 4.69) is 30.0 Å². The topological polar surface area (TPSA) is 26.7 Å². The maximum Gasteiger partial charge on any atom is 0.115 e. The number of benzene rings is 1. The highest BCUT2D eigenvalue weighted by molar-refractivity contribution is 5.40. The summed E-state index contributed by atoms with van der Waals surface area (Å²) in [6.45, 7) is 2.40. The third kappa shape index (κ3) is 2.49. The highest BCUT2D eigenvalue weighted by atomic mass is 16.3. The maximum atomic E-state index is 9.57. The lowest BCUT2D eigenvalue weighted by molar-refractivity contribution is 0.176. The SMILES string of the molecule is CN1CCCC1CN(C)C1CCc2cc(O)ccc21. The number of nitrogens with zero attached hydrogens (tertiary/aromatic N) is 2. The van der Waals surface area contributed by atoms with Crippen LogP contribution in [0.5, 0.6) is 5.75 Å². The minimum Gasteiger partial charge on any atom is -0.508 e. The molecule has 1 aliphatic carbocycles. The smallest absolute Gasteiger partial charge is 0.115 e. The van der Waals surface area contributed by atoms with E-state index in [9.17, 15) is 5.11 Å². The van der Waals surface area contributed by atoms with Crippen molar-refractivity contribution < 1.29 is 5.11 Å². The van der Waals surface area contributed by atoms with Crippen molar-refractivity contribution in [1.29, 1.82) is 0 Å². The van der Waals surface area contributed by atoms with Crippen LogP contribution >= 0.6 is 0 Å². The lowest BCUT2D eigenvalue weighted by Crippen LogP contribution is -2.37. The van der Waals surface area contributed by atoms with Crippen molar-refractivity contribution in [2.24, 2.45) is 0 Å². The van der Waals surface area contributed by atoms with Crippen LogP contribution < -0.4 is 0 Å². The molecule has 2 atom stereocenters. The molecule has 3 heteroatoms. The number of aromatic hydroxyl groups is 1. The monoisotopic (exact) mass is 260 g/mol. The largest absolute Gasteiger partial charge is 0.508 e. The molecule has 19 heavy (non-hydrogen) atoms. The van der Waals surface area contributed by atoms with Crippen LogP contribution in [0.15, 0.2) is 18.2 Å². The molecule has 1 N–H and O–H groups in total. The van der Waals surface area contributed by atoms with Crippen molar-refractivity contribution in [2.75, 3.05) is 27.2 Å². The molecule has 1 aromatic rings. The van der Waals surface area contributed by atoms with Gasteiger partial charge in [-0.05, 0) is 69.6 Å². The summed E-state index contributed by atoms with van der Waals surface area (Å²) in [5, 5.41) is 9.57. The molecule has 0 aromatic heterocycles. The Morgan fingerprint density at radius 2 is 2.21 bits per heavy atom. The molecule has 1 heterocycles. The predicted octanol–water partition coefficient (Wildman–Crippen LogP) is 2.41. The second-order valence-electron chi connectivity index (χ2n) is 6.15. The van der Waals surface area contributed by atoms with E-state index < -0.39 is 0 Å². The first-order chi connectivity index (χ1) is 9.15. The van der Waals surface area contributed by atoms with Gasteiger partial charge in [-0.2, -0.15) is 0 Å². The van der Waals surface area contributed by atoms with Gasteiger partial charge in [0.1, 0.15) is 5.75 Å². The Balaban J connectivity index is 1.70. The molecule has 3 rings (SSSR count). The quantitative estimate of drug-likeness (QED) is 0.904. The van der Waals surface area contributed by atoms with E-state index in [1.165, 1.54) is 36.9 Å². The van der Waals surface area contributed by atoms with Crippen LogP contribution in [0.25, 0.3) is 0 Å². The molecule has 1 fully saturated rings. The number of likely N-dealkylation sites (N-methyl/N-ethyl adjacent to an activating group) is 2. The molecule has 0 radical (unpaired) electrons. The van der Waals surface area contributed by atoms with Crippen LogP contribution in [0.3, 0.4) is 0 Å². The van der Waals surface area contributed by atoms with Crippen LogP contribution in [0, 0.1) is 0 Å². The van der Waals surface area contributed by atoms with Crippen LogP contribution in [0.4, 0.5) is 0 Å². The number of aryl methyl sites for hydroxylation is 1. The van der Waals surface area contributed by atoms with Crippen LogP contribution in [0.1, 0.15) is 36.4 Å². The Morgan fingerprint density at radius 3 is 2.95 bits per heavy atom. The molecule has 0 saturated carbocycles. The second kappa shape index (κ2) is 5.14. The molecule has 1 saturated heterocycles. The van der Waals surface area contributed by atoms with Crippen LogP contribution in [-0.4, -0.2) is 48.1 Å². The summed E-state index contributed by atoms with van der Waals surface area (Å²) < 4.78 is 0. The second-order valence-corrected chi connectivity index (χ2v) is 6.15. The van der Waals surface area contributed by atoms with Crippen molar-refractivity contribution in [1.82, 2.24) is 9.80 Å². The van der Waals surface area contributed by atoms with Gasteiger partial charge in [-0.15, -0.1) is 0 Å². The summed E-state index contributed by atoms with van der Waals surface area (Å²) in [5.41, 5.74) is 2.75. The molecule has 1 aromatic carbocycles. The predicted molar refractivity (Wildman–Crippen MR) is 77.5 cm³/mol. The molecule has 2 unspecified atom stereocenters. The van der Waals surface area contributed by atoms with E-state index >= 15 is 0 Å². The summed E-state index contributed by atoms with van der Waals surface area (Å²) in [6.07, 6.45) is 4.95. The van der Waals surface area contributed by atoms with Gasteiger partial charge in [0, 0.05) is 18.6 Å². The summed E-state index contributed by atoms with van der Waals surface area (Å²) in [5.74, 6) is 0.401. The van der Waals surface area contributed by atoms with Crippen molar-refractivity contribution in [3.63, 3.8) is 0 Å². The number of phenols is 1. The molecule has 1 aliphatic heterocycles. The van der Waals surface area contributed by atoms with Gasteiger partial charge < -0.3 is 10.0 Å². The number of likely N-dealkylation sites (tertiary alicyclic amines) is 1. The van der Waals surface area contributed by atoms with E-state index in [0.29, 0.717) is 17.8 Å². The zero-order valence-electron chi connectivity index (χ0n) is 12.0. The van der Waals surface area contributed by atoms with Gasteiger partial charge in [0.2, 0.25) is 0 Å². The standard InChI is InChI=1S/C16H24N2O/c1-17-9-3-4-13(17)11-18(2)16-8-5-12-10-14(19)6-7-15(12)16/h6-7,10,13,16,19H,3-5,8-9,11H2,1-2H3. The molecule has 3 nitrogen and oxygen atoms in total. The minimum atomic E-state index is 0.401. The van der Waals surface area contributed by atoms with Gasteiger partial charge in [0.15, 0.2) is 0 Å². The highest BCUT2D eigenvalue weighted by Crippen LogP contribution is 2.37. The lowest BCUT2D eigenvalue weighted by atomic mass is 10.1. The van der Waals surface area contributed by atoms with Crippen molar-refractivity contribution in [3.8, 4) is 5.75 Å². The van der Waals surface area contributed by atoms with Gasteiger partial charge in [-0.3, -0.25) is 4.90 Å². The molecule has 0 bridgehead atoms. The van der Waals surface area contributed by atoms with E-state index in [-0.39, 0.29) is 0 Å². The highest BCUT2D eigenvalue weighted by Gasteiger charge is 2.29. The first kappa shape index (κ1) is 12.9. The van der Waals surface area contributed by atoms with E-state index in [0.717, 1.165) is 13.0 Å². The molecule has 0 amide bonds. The van der Waals surface area contributed by atoms with Crippen molar-refractivity contribution in [3.05, 3.63) is 29.3 Å². The third-order valence-electron chi connectivity index (χ3n) is 4.87. The van der Waals surface area contributed by atoms with E-state index in [4.69, 9.17) is 0 Å². The average Bonchev–Trinajstić information content (AvgIpc) is 2.96. The van der Waals surface area contributed by atoms with Gasteiger partial charge >= 0.3 is 0 Å². The molecule has 2 aliphatic rings. The Hall–Kier alpha value is -1.06. The summed E-state index contributed by atoms with van der Waals surface area (Å²) >= 11 is 0. The van der Waals surface area contributed by atoms with Crippen LogP contribution in [0.2, 0.25) is 0 Å². The Labute approximate surface area is 115 Å². The summed E-state index contributed by atoms with van der Waals surface area (Å²) in [7, 11) is 4.49. The number of fused-ring (bicyclic) bond motifs is 1. The molecular formula is C16H24N2O. The van der Waals surface area contributed by atoms with E-state index in [1.54, 1.807) is 0 Å². The number of hydrogen-bond acceptors (Lipinski definition) is 3. The van der Waals surface area contributed by atoms with Gasteiger partial charge in [0.05, 0.1) is 0 Å². The van der Waals surface area contributed by atoms with Crippen molar-refractivity contribution in [2.45, 2.75) is 37.8 Å². The zero-order valence-corrected chi connectivity index (χ0v) is 12.0. The fraction of sp³-hybridized carbons (Fsp3) is 0.625. The molecule has 104 valence electrons. The number of rotatable bonds is 3. The summed E-state index contributed by atoms with van der Waals surface area (Å²) in [4.78, 5) is 5.00. The minimum absolute atomic E-state index is 0.401. The number of hydrogen-bond donors (Lipinski definition) is 1. The van der Waals surface area contributed by atoms with E-state index in [1.807, 2.05) is 12.1 Å². The molecular weight excluding hydrogens is 236 g/mol. The normalized spacial score (nSPS) is 27.1. The first-order valence-corrected chi connectivity index (χ1v) is 7.37. The first-order valence-electron chi connectivity index (χ1n) is 7.37. The third-order valence-corrected chi connectivity index (χ3v) is 4.87. The van der Waals surface area contributed by atoms with Crippen LogP contribution in [-0.2, 0) is 6.42 Å². The Kier molecular flexibility index (Phi) is 3.50. The van der Waals surface area contributed by atoms with Gasteiger partial charge in [0.25, 0.3) is 0 Å². The fourth-order valence-electron chi connectivity index (χ4n) is 3.71. The lowest BCUT2D eigenvalue weighted by Gasteiger charge is -2.30. The van der Waals surface area contributed by atoms with Gasteiger partial charge in [-0.1, -0.05) is 6.07 Å². The average molecular weight is 260 g/mol. The van der Waals surface area contributed by atoms with Crippen molar-refractivity contribution >= 4 is 0 Å².